The second-order valence-electron chi connectivity index (χ2n) is 8.14. The van der Waals surface area contributed by atoms with Crippen molar-refractivity contribution < 1.29 is 18.3 Å². The maximum Gasteiger partial charge on any atom is 0.287 e. The lowest BCUT2D eigenvalue weighted by Crippen LogP contribution is -2.31. The van der Waals surface area contributed by atoms with Gasteiger partial charge in [-0.2, -0.15) is 5.10 Å². The Morgan fingerprint density at radius 3 is 3.03 bits per heavy atom. The highest BCUT2D eigenvalue weighted by Crippen LogP contribution is 2.38. The van der Waals surface area contributed by atoms with Crippen LogP contribution in [0.5, 0.6) is 0 Å². The monoisotopic (exact) mass is 443 g/mol. The molecule has 1 aromatic carbocycles. The number of aromatic nitrogens is 2. The van der Waals surface area contributed by atoms with Gasteiger partial charge in [0.25, 0.3) is 5.91 Å². The second kappa shape index (κ2) is 8.13. The average molecular weight is 444 g/mol. The Bertz CT molecular complexity index is 1150. The van der Waals surface area contributed by atoms with E-state index in [0.29, 0.717) is 30.3 Å². The molecule has 2 aliphatic rings. The molecule has 0 radical (unpaired) electrons. The molecule has 1 saturated heterocycles. The minimum absolute atomic E-state index is 0.0782. The van der Waals surface area contributed by atoms with Gasteiger partial charge >= 0.3 is 0 Å². The van der Waals surface area contributed by atoms with Gasteiger partial charge in [-0.1, -0.05) is 17.7 Å². The van der Waals surface area contributed by atoms with E-state index in [0.717, 1.165) is 59.6 Å². The fourth-order valence-corrected chi connectivity index (χ4v) is 4.60. The van der Waals surface area contributed by atoms with Crippen LogP contribution in [0.4, 0.5) is 4.39 Å². The summed E-state index contributed by atoms with van der Waals surface area (Å²) in [6.07, 6.45) is 5.56. The first kappa shape index (κ1) is 20.3. The number of furan rings is 1. The van der Waals surface area contributed by atoms with E-state index in [9.17, 15) is 9.18 Å². The Kier molecular flexibility index (Phi) is 5.32. The molecular weight excluding hydrogens is 421 g/mol. The predicted octanol–water partition coefficient (Wildman–Crippen LogP) is 4.30. The Hall–Kier alpha value is -2.64. The molecule has 6 nitrogen and oxygen atoms in total. The number of carbonyl (C=O) groups is 1. The van der Waals surface area contributed by atoms with Gasteiger partial charge in [-0.25, -0.2) is 4.39 Å². The van der Waals surface area contributed by atoms with Crippen molar-refractivity contribution in [2.45, 2.75) is 45.3 Å². The van der Waals surface area contributed by atoms with Crippen LogP contribution in [0.3, 0.4) is 0 Å². The van der Waals surface area contributed by atoms with Crippen LogP contribution in [0.25, 0.3) is 11.3 Å². The molecule has 1 aliphatic carbocycles. The van der Waals surface area contributed by atoms with Gasteiger partial charge in [-0.3, -0.25) is 9.48 Å². The lowest BCUT2D eigenvalue weighted by Gasteiger charge is -2.10. The molecule has 31 heavy (non-hydrogen) atoms. The Balaban J connectivity index is 1.39. The van der Waals surface area contributed by atoms with E-state index in [1.807, 2.05) is 17.8 Å². The fraction of sp³-hybridized carbons (Fsp3) is 0.391. The Labute approximate surface area is 184 Å². The number of carbonyl (C=O) groups excluding carboxylic acids is 1. The first-order valence-corrected chi connectivity index (χ1v) is 10.9. The molecule has 0 spiro atoms. The van der Waals surface area contributed by atoms with Crippen molar-refractivity contribution in [3.05, 3.63) is 63.4 Å². The van der Waals surface area contributed by atoms with Crippen molar-refractivity contribution >= 4 is 17.5 Å². The summed E-state index contributed by atoms with van der Waals surface area (Å²) in [6, 6.07) is 4.37. The summed E-state index contributed by atoms with van der Waals surface area (Å²) in [5.41, 5.74) is 4.42. The highest BCUT2D eigenvalue weighted by Gasteiger charge is 2.30. The van der Waals surface area contributed by atoms with Crippen molar-refractivity contribution in [2.75, 3.05) is 13.2 Å². The van der Waals surface area contributed by atoms with Crippen molar-refractivity contribution in [1.29, 1.82) is 0 Å². The van der Waals surface area contributed by atoms with Crippen molar-refractivity contribution in [2.24, 2.45) is 0 Å². The molecule has 1 fully saturated rings. The van der Waals surface area contributed by atoms with Gasteiger partial charge in [0.1, 0.15) is 11.6 Å². The summed E-state index contributed by atoms with van der Waals surface area (Å²) in [4.78, 5) is 12.7. The quantitative estimate of drug-likeness (QED) is 0.638. The van der Waals surface area contributed by atoms with Crippen LogP contribution < -0.4 is 5.32 Å². The number of amides is 1. The number of nitrogens with one attached hydrogen (secondary N) is 1. The smallest absolute Gasteiger partial charge is 0.287 e. The minimum Gasteiger partial charge on any atom is -0.455 e. The van der Waals surface area contributed by atoms with Crippen LogP contribution in [0.15, 0.2) is 28.8 Å². The number of fused-ring (bicyclic) bond motifs is 3. The average Bonchev–Trinajstić information content (AvgIpc) is 3.47. The van der Waals surface area contributed by atoms with Crippen molar-refractivity contribution in [3.8, 4) is 11.3 Å². The maximum atomic E-state index is 13.3. The first-order valence-electron chi connectivity index (χ1n) is 10.5. The van der Waals surface area contributed by atoms with Crippen LogP contribution in [0.1, 0.15) is 45.8 Å². The molecule has 0 bridgehead atoms. The lowest BCUT2D eigenvalue weighted by molar-refractivity contribution is 0.0833. The standard InChI is InChI=1S/C23H23ClFN3O3/c1-13-20-19(31-22(13)23(29)26-10-17-3-2-8-30-17)7-5-15-12-28(27-21(15)20)11-14-4-6-16(25)9-18(14)24/h4,6,9,12,17H,2-3,5,7-8,10-11H2,1H3,(H,26,29)/t17-/m1/s1. The first-order chi connectivity index (χ1) is 15.0. The van der Waals surface area contributed by atoms with Crippen LogP contribution in [0, 0.1) is 12.7 Å². The van der Waals surface area contributed by atoms with Gasteiger partial charge in [0.15, 0.2) is 5.76 Å². The predicted molar refractivity (Wildman–Crippen MR) is 114 cm³/mol. The van der Waals surface area contributed by atoms with Gasteiger partial charge in [0, 0.05) is 41.9 Å². The molecule has 1 amide bonds. The number of aryl methyl sites for hydroxylation is 2. The number of halogens is 2. The zero-order chi connectivity index (χ0) is 21.5. The lowest BCUT2D eigenvalue weighted by atomic mass is 9.93. The largest absolute Gasteiger partial charge is 0.455 e. The molecule has 3 heterocycles. The molecule has 1 atom stereocenters. The zero-order valence-corrected chi connectivity index (χ0v) is 18.0. The normalized spacial score (nSPS) is 17.5. The van der Waals surface area contributed by atoms with Crippen molar-refractivity contribution in [3.63, 3.8) is 0 Å². The van der Waals surface area contributed by atoms with Gasteiger partial charge in [0.05, 0.1) is 18.3 Å². The molecule has 5 rings (SSSR count). The summed E-state index contributed by atoms with van der Waals surface area (Å²) >= 11 is 6.18. The number of nitrogens with zero attached hydrogens (tertiary/aromatic N) is 2. The highest BCUT2D eigenvalue weighted by molar-refractivity contribution is 6.31. The van der Waals surface area contributed by atoms with E-state index in [4.69, 9.17) is 25.9 Å². The van der Waals surface area contributed by atoms with E-state index >= 15 is 0 Å². The van der Waals surface area contributed by atoms with Gasteiger partial charge in [-0.05, 0) is 49.4 Å². The van der Waals surface area contributed by atoms with E-state index in [1.54, 1.807) is 6.07 Å². The van der Waals surface area contributed by atoms with Crippen LogP contribution in [0.2, 0.25) is 5.02 Å². The molecule has 8 heteroatoms. The third-order valence-corrected chi connectivity index (χ3v) is 6.34. The number of benzene rings is 1. The molecule has 162 valence electrons. The molecule has 0 unspecified atom stereocenters. The SMILES string of the molecule is Cc1c(C(=O)NC[C@H]2CCCO2)oc2c1-c1nn(Cc3ccc(F)cc3Cl)cc1CC2. The Morgan fingerprint density at radius 2 is 2.26 bits per heavy atom. The summed E-state index contributed by atoms with van der Waals surface area (Å²) in [5, 5.41) is 8.05. The molecule has 1 aliphatic heterocycles. The van der Waals surface area contributed by atoms with E-state index < -0.39 is 0 Å². The van der Waals surface area contributed by atoms with Crippen LogP contribution in [-0.4, -0.2) is 34.9 Å². The Morgan fingerprint density at radius 1 is 1.39 bits per heavy atom. The minimum atomic E-state index is -0.363. The fourth-order valence-electron chi connectivity index (χ4n) is 4.38. The summed E-state index contributed by atoms with van der Waals surface area (Å²) in [5.74, 6) is 0.545. The summed E-state index contributed by atoms with van der Waals surface area (Å²) < 4.78 is 26.7. The van der Waals surface area contributed by atoms with Crippen LogP contribution in [-0.2, 0) is 24.1 Å². The second-order valence-corrected chi connectivity index (χ2v) is 8.54. The molecule has 3 aromatic rings. The third-order valence-electron chi connectivity index (χ3n) is 5.98. The number of hydrogen-bond donors (Lipinski definition) is 1. The van der Waals surface area contributed by atoms with E-state index in [1.165, 1.54) is 12.1 Å². The summed E-state index contributed by atoms with van der Waals surface area (Å²) in [6.45, 7) is 3.58. The van der Waals surface area contributed by atoms with E-state index in [2.05, 4.69) is 5.32 Å². The summed E-state index contributed by atoms with van der Waals surface area (Å²) in [7, 11) is 0. The van der Waals surface area contributed by atoms with Crippen LogP contribution >= 0.6 is 11.6 Å². The molecule has 0 saturated carbocycles. The third kappa shape index (κ3) is 3.88. The van der Waals surface area contributed by atoms with E-state index in [-0.39, 0.29) is 17.8 Å². The topological polar surface area (TPSA) is 69.3 Å². The van der Waals surface area contributed by atoms with Crippen molar-refractivity contribution in [1.82, 2.24) is 15.1 Å². The number of ether oxygens (including phenoxy) is 1. The zero-order valence-electron chi connectivity index (χ0n) is 17.2. The molecule has 1 N–H and O–H groups in total. The van der Waals surface area contributed by atoms with Gasteiger partial charge in [-0.15, -0.1) is 0 Å². The molecular formula is C23H23ClFN3O3. The number of hydrogen-bond acceptors (Lipinski definition) is 4. The maximum absolute atomic E-state index is 13.3. The highest BCUT2D eigenvalue weighted by atomic mass is 35.5. The molecule has 2 aromatic heterocycles. The van der Waals surface area contributed by atoms with Gasteiger partial charge < -0.3 is 14.5 Å². The number of rotatable bonds is 5. The van der Waals surface area contributed by atoms with Gasteiger partial charge in [0.2, 0.25) is 0 Å².